The van der Waals surface area contributed by atoms with Crippen molar-refractivity contribution in [2.24, 2.45) is 5.73 Å². The molecule has 4 aromatic heterocycles. The topological polar surface area (TPSA) is 315 Å². The third kappa shape index (κ3) is 49.5. The number of ketones is 2. The summed E-state index contributed by atoms with van der Waals surface area (Å²) in [6.45, 7) is 11.8. The number of hydroxylamine groups is 5. The molecule has 0 bridgehead atoms. The summed E-state index contributed by atoms with van der Waals surface area (Å²) >= 11 is 16.5. The molecule has 119 heavy (non-hydrogen) atoms. The average Bonchev–Trinajstić information content (AvgIpc) is 1.70. The molecule has 0 unspecified atom stereocenters. The van der Waals surface area contributed by atoms with Crippen molar-refractivity contribution >= 4 is 121 Å². The number of cyclic esters (lactones) is 1. The van der Waals surface area contributed by atoms with Crippen LogP contribution in [0, 0.1) is 24.4 Å². The zero-order chi connectivity index (χ0) is 87.6. The van der Waals surface area contributed by atoms with Gasteiger partial charge >= 0.3 is 30.8 Å². The van der Waals surface area contributed by atoms with Crippen molar-refractivity contribution in [3.63, 3.8) is 0 Å². The number of aldehydes is 1. The number of esters is 1. The van der Waals surface area contributed by atoms with Gasteiger partial charge in [-0.2, -0.15) is 6.42 Å². The number of nitrogens with one attached hydrogen (secondary N) is 1. The Morgan fingerprint density at radius 2 is 1.00 bits per heavy atom. The summed E-state index contributed by atoms with van der Waals surface area (Å²) in [4.78, 5) is 108. The number of carbonyl (C=O) groups excluding carboxylic acids is 6. The normalized spacial score (nSPS) is 12.1. The molecule has 2 aliphatic heterocycles. The van der Waals surface area contributed by atoms with Crippen molar-refractivity contribution in [1.29, 1.82) is 0 Å². The van der Waals surface area contributed by atoms with Gasteiger partial charge < -0.3 is 59.1 Å². The van der Waals surface area contributed by atoms with Gasteiger partial charge in [0, 0.05) is 166 Å². The molecule has 5 aromatic carbocycles. The zero-order valence-corrected chi connectivity index (χ0v) is 77.2. The molecule has 2 amide bonds. The first kappa shape index (κ1) is 113. The van der Waals surface area contributed by atoms with Crippen LogP contribution in [0.1, 0.15) is 172 Å². The second-order valence-electron chi connectivity index (χ2n) is 24.2. The molecule has 2 saturated heterocycles. The number of halogens is 9. The van der Waals surface area contributed by atoms with Crippen LogP contribution in [0.25, 0.3) is 0 Å². The Morgan fingerprint density at radius 1 is 0.613 bits per heavy atom. The fourth-order valence-electron chi connectivity index (χ4n) is 9.22. The van der Waals surface area contributed by atoms with Gasteiger partial charge in [0.25, 0.3) is 11.8 Å². The van der Waals surface area contributed by atoms with Gasteiger partial charge in [-0.3, -0.25) is 58.5 Å². The fourth-order valence-corrected chi connectivity index (χ4v) is 11.4. The Labute approximate surface area is 755 Å². The van der Waals surface area contributed by atoms with E-state index in [4.69, 9.17) is 25.4 Å². The van der Waals surface area contributed by atoms with E-state index in [1.165, 1.54) is 132 Å². The Bertz CT molecular complexity index is 4230. The van der Waals surface area contributed by atoms with Gasteiger partial charge in [-0.05, 0) is 264 Å². The number of amides is 2. The minimum atomic E-state index is -1.04. The molecule has 0 saturated carbocycles. The minimum Gasteiger partial charge on any atom is -1.00 e. The van der Waals surface area contributed by atoms with Crippen molar-refractivity contribution in [3.8, 4) is 11.5 Å². The van der Waals surface area contributed by atoms with Crippen molar-refractivity contribution in [2.45, 2.75) is 103 Å². The number of pyridine rings is 4. The van der Waals surface area contributed by atoms with Crippen LogP contribution in [0.5, 0.6) is 11.5 Å². The monoisotopic (exact) mass is 1980 g/mol. The standard InChI is InChI=1S/C18H21BrN2O.C9H10BrNO2.C9H8BrNO2.2C9H10FNO2.C9H13NO.C7H5FO2.C5H3Br2N.C4H6O2.C4H9.C2H7NO.ClH.Li/c1-13(14-5-7-17(22-2)8-6-14)21-9-3-4-18(21)15-10-16(19)12-20-11-15;2*10-8-4-7(5-11-6-8)9(13)2-1-3-12;2*1-11(13-2)9(12)7-3-5-8(10)6-4-7;1-7(10)8-3-5-9(11-2)6-4-8;8-6-3-1-5(2-4-6)7(9)10;6-4-1-5(7)3-8-2-4;5-4-2-1-3-6-4;2*1-3-4-2;;/h5-8,10-13,18H,3-4,9H2,1-2H3;4-6,12H,1-3H2;3-6H,1-2H2;2*3-6H,1-2H3;3-7H,10H2,1-2H3;1-4H,(H,9,10);1-3H;1-3H2;1,3-4H2,2H3;3H,1-2H3;1H;/q;;;;;;;;;-1;;;+1/p-1/t13-,18+;;;;;7-;;;;;;;/m1....1......./s1. The second kappa shape index (κ2) is 67.6. The number of aromatic carboxylic acids is 1. The van der Waals surface area contributed by atoms with Crippen LogP contribution in [-0.4, -0.2) is 163 Å². The maximum atomic E-state index is 12.5. The van der Waals surface area contributed by atoms with Crippen molar-refractivity contribution in [3.05, 3.63) is 286 Å². The summed E-state index contributed by atoms with van der Waals surface area (Å²) < 4.78 is 56.5. The number of unbranched alkanes of at least 4 members (excludes halogenated alkanes) is 1. The number of ether oxygens (including phenoxy) is 3. The first-order valence-corrected chi connectivity index (χ1v) is 40.1. The van der Waals surface area contributed by atoms with E-state index in [9.17, 15) is 46.7 Å². The third-order valence-electron chi connectivity index (χ3n) is 15.7. The number of likely N-dealkylation sites (tertiary alicyclic amines) is 1. The molecule has 0 radical (unpaired) electrons. The number of rotatable bonds is 21. The Balaban J connectivity index is 0. The average molecular weight is 1990 g/mol. The predicted octanol–water partition coefficient (Wildman–Crippen LogP) is 13.0. The Morgan fingerprint density at radius 3 is 1.31 bits per heavy atom. The second-order valence-corrected chi connectivity index (χ2v) is 28.8. The maximum absolute atomic E-state index is 12.5. The van der Waals surface area contributed by atoms with Crippen LogP contribution in [0.4, 0.5) is 13.2 Å². The van der Waals surface area contributed by atoms with Crippen molar-refractivity contribution < 1.29 is 117 Å². The molecule has 11 rings (SSSR count). The maximum Gasteiger partial charge on any atom is 1.00 e. The van der Waals surface area contributed by atoms with Crippen LogP contribution >= 0.6 is 79.6 Å². The molecule has 642 valence electrons. The summed E-state index contributed by atoms with van der Waals surface area (Å²) in [6, 6.07) is 39.9. The third-order valence-corrected chi connectivity index (χ3v) is 17.8. The van der Waals surface area contributed by atoms with E-state index >= 15 is 0 Å². The van der Waals surface area contributed by atoms with Crippen LogP contribution in [0.15, 0.2) is 218 Å². The SMILES string of the molecule is Brc1cncc(Br)c1.CNOC.CON(C)C(=O)c1ccc(F)cc1.CON(C)C(=O)c1ccc(F)cc1.COc1ccc([C@@H](C)N)cc1.COc1ccc([C@@H](C)N2CCC[C@H]2c2cncc(Br)c2)cc1.O=C(CCCO)c1cncc(Br)c1.O=C(O)c1ccc(F)cc1.O=C1CCCO1.O=CCCC(=O)c1cncc(Br)c1.[CH2-]CCC.[Cl-].[Li+]. The number of aromatic nitrogens is 4. The van der Waals surface area contributed by atoms with E-state index in [1.807, 2.05) is 61.8 Å². The smallest absolute Gasteiger partial charge is 1.00 e. The molecule has 34 heteroatoms. The molecule has 9 aromatic rings. The summed E-state index contributed by atoms with van der Waals surface area (Å²) in [6.07, 6.45) is 22.0. The van der Waals surface area contributed by atoms with Gasteiger partial charge in [-0.25, -0.2) is 33.6 Å². The van der Waals surface area contributed by atoms with E-state index in [1.54, 1.807) is 65.3 Å². The van der Waals surface area contributed by atoms with Gasteiger partial charge in [-0.15, -0.1) is 0 Å². The number of nitrogens with two attached hydrogens (primary N) is 1. The number of nitrogens with zero attached hydrogens (tertiary/aromatic N) is 7. The summed E-state index contributed by atoms with van der Waals surface area (Å²) in [5.74, 6) is -1.11. The Hall–Kier alpha value is -8.01. The number of carboxylic acids is 1. The van der Waals surface area contributed by atoms with Crippen LogP contribution in [0.2, 0.25) is 0 Å². The molecule has 6 heterocycles. The fraction of sp³-hybridized carbons (Fsp3) is 0.318. The van der Waals surface area contributed by atoms with Gasteiger partial charge in [-0.1, -0.05) is 37.6 Å². The number of Topliss-reactive ketones (excluding diaryl/α,β-unsaturated/α-hetero) is 2. The quantitative estimate of drug-likeness (QED) is 0.0130. The molecular formula is C85H102Br5ClF3LiN9O15-. The first-order chi connectivity index (χ1) is 55.9. The minimum absolute atomic E-state index is 0. The molecule has 24 nitrogen and oxygen atoms in total. The zero-order valence-electron chi connectivity index (χ0n) is 68.5. The number of hydrogen-bond donors (Lipinski definition) is 4. The molecule has 2 aliphatic rings. The van der Waals surface area contributed by atoms with Crippen molar-refractivity contribution in [1.82, 2.24) is 40.4 Å². The number of carbonyl (C=O) groups is 7. The molecule has 0 spiro atoms. The van der Waals surface area contributed by atoms with E-state index in [-0.39, 0.29) is 103 Å². The van der Waals surface area contributed by atoms with Crippen LogP contribution in [-0.2, 0) is 28.8 Å². The summed E-state index contributed by atoms with van der Waals surface area (Å²) in [5, 5.41) is 19.0. The molecule has 0 aliphatic carbocycles. The largest absolute Gasteiger partial charge is 1.00 e. The van der Waals surface area contributed by atoms with E-state index in [2.05, 4.69) is 168 Å². The molecular weight excluding hydrogens is 1890 g/mol. The molecule has 5 N–H and O–H groups in total. The Kier molecular flexibility index (Phi) is 64.2. The van der Waals surface area contributed by atoms with Gasteiger partial charge in [0.1, 0.15) is 35.2 Å². The number of benzene rings is 5. The number of aliphatic hydroxyl groups is 1. The summed E-state index contributed by atoms with van der Waals surface area (Å²) in [5.41, 5.74) is 13.9. The van der Waals surface area contributed by atoms with Gasteiger partial charge in [0.15, 0.2) is 11.6 Å². The van der Waals surface area contributed by atoms with Crippen LogP contribution < -0.4 is 52.0 Å². The van der Waals surface area contributed by atoms with E-state index in [0.29, 0.717) is 60.2 Å². The number of aliphatic hydroxyl groups excluding tert-OH is 1. The predicted molar refractivity (Wildman–Crippen MR) is 462 cm³/mol. The first-order valence-electron chi connectivity index (χ1n) is 36.2. The summed E-state index contributed by atoms with van der Waals surface area (Å²) in [7, 11) is 12.4. The number of hydrogen-bond acceptors (Lipinski definition) is 21. The van der Waals surface area contributed by atoms with Crippen molar-refractivity contribution in [2.75, 3.05) is 76.5 Å². The number of methoxy groups -OCH3 is 2. The van der Waals surface area contributed by atoms with Gasteiger partial charge in [0.05, 0.1) is 47.7 Å². The van der Waals surface area contributed by atoms with E-state index in [0.717, 1.165) is 87.4 Å². The van der Waals surface area contributed by atoms with Gasteiger partial charge in [0.2, 0.25) is 0 Å². The molecule has 2 fully saturated rings. The van der Waals surface area contributed by atoms with Crippen LogP contribution in [0.3, 0.4) is 0 Å². The van der Waals surface area contributed by atoms with E-state index < -0.39 is 11.8 Å². The number of carboxylic acid groups (broad SMARTS) is 1. The molecule has 3 atom stereocenters.